The molecule has 1 aromatic carbocycles. The molecule has 100 valence electrons. The van der Waals surface area contributed by atoms with Crippen LogP contribution < -0.4 is 0 Å². The summed E-state index contributed by atoms with van der Waals surface area (Å²) in [6.45, 7) is 3.92. The number of rotatable bonds is 6. The molecule has 4 nitrogen and oxygen atoms in total. The Labute approximate surface area is 107 Å². The van der Waals surface area contributed by atoms with Crippen molar-refractivity contribution in [2.75, 3.05) is 12.4 Å². The van der Waals surface area contributed by atoms with Crippen molar-refractivity contribution in [2.45, 2.75) is 24.8 Å². The van der Waals surface area contributed by atoms with E-state index in [1.54, 1.807) is 0 Å². The smallest absolute Gasteiger partial charge is 0.335 e. The van der Waals surface area contributed by atoms with Crippen molar-refractivity contribution in [3.05, 3.63) is 29.6 Å². The number of halogens is 1. The quantitative estimate of drug-likeness (QED) is 0.862. The van der Waals surface area contributed by atoms with Gasteiger partial charge in [0, 0.05) is 0 Å². The summed E-state index contributed by atoms with van der Waals surface area (Å²) in [6, 6.07) is 3.26. The molecule has 1 rings (SSSR count). The molecule has 0 aliphatic rings. The normalized spacial score (nSPS) is 12.7. The summed E-state index contributed by atoms with van der Waals surface area (Å²) in [4.78, 5) is 10.6. The fourth-order valence-corrected chi connectivity index (χ4v) is 2.29. The molecule has 1 N–H and O–H groups in total. The fourth-order valence-electron chi connectivity index (χ4n) is 1.28. The van der Waals surface area contributed by atoms with Crippen LogP contribution in [0.15, 0.2) is 23.1 Å². The fraction of sp³-hybridized carbons (Fsp3) is 0.417. The molecule has 0 spiro atoms. The minimum atomic E-state index is -1.60. The Bertz CT molecular complexity index is 459. The van der Waals surface area contributed by atoms with Crippen molar-refractivity contribution in [2.24, 2.45) is 0 Å². The third-order valence-corrected chi connectivity index (χ3v) is 3.48. The molecule has 0 fully saturated rings. The average molecular weight is 274 g/mol. The van der Waals surface area contributed by atoms with E-state index in [9.17, 15) is 13.4 Å². The Kier molecular flexibility index (Phi) is 5.43. The second-order valence-corrected chi connectivity index (χ2v) is 5.46. The summed E-state index contributed by atoms with van der Waals surface area (Å²) in [5.74, 6) is -1.70. The van der Waals surface area contributed by atoms with Gasteiger partial charge in [-0.2, -0.15) is 0 Å². The van der Waals surface area contributed by atoms with Gasteiger partial charge in [-0.1, -0.05) is 0 Å². The summed E-state index contributed by atoms with van der Waals surface area (Å²) in [7, 11) is -1.60. The first kappa shape index (κ1) is 14.8. The van der Waals surface area contributed by atoms with Crippen molar-refractivity contribution in [3.63, 3.8) is 0 Å². The zero-order valence-electron chi connectivity index (χ0n) is 10.2. The summed E-state index contributed by atoms with van der Waals surface area (Å²) in [5.41, 5.74) is -0.0791. The molecule has 0 aromatic heterocycles. The van der Waals surface area contributed by atoms with Gasteiger partial charge in [-0.3, -0.25) is 4.21 Å². The molecule has 0 aliphatic carbocycles. The Hall–Kier alpha value is -1.27. The number of aromatic carboxylic acids is 1. The highest BCUT2D eigenvalue weighted by molar-refractivity contribution is 7.85. The van der Waals surface area contributed by atoms with E-state index in [-0.39, 0.29) is 28.9 Å². The van der Waals surface area contributed by atoms with Gasteiger partial charge in [-0.05, 0) is 32.0 Å². The molecule has 1 unspecified atom stereocenters. The maximum atomic E-state index is 13.4. The van der Waals surface area contributed by atoms with Crippen LogP contribution in [-0.4, -0.2) is 33.7 Å². The average Bonchev–Trinajstić information content (AvgIpc) is 2.28. The molecule has 0 saturated carbocycles. The number of carboxylic acid groups (broad SMARTS) is 1. The zero-order chi connectivity index (χ0) is 13.7. The second-order valence-electron chi connectivity index (χ2n) is 3.92. The summed E-state index contributed by atoms with van der Waals surface area (Å²) in [5, 5.41) is 8.78. The van der Waals surface area contributed by atoms with Crippen molar-refractivity contribution < 1.29 is 23.2 Å². The number of benzene rings is 1. The lowest BCUT2D eigenvalue weighted by Crippen LogP contribution is -2.12. The molecule has 0 aliphatic heterocycles. The van der Waals surface area contributed by atoms with Gasteiger partial charge < -0.3 is 9.84 Å². The summed E-state index contributed by atoms with van der Waals surface area (Å²) in [6.07, 6.45) is 0.0113. The highest BCUT2D eigenvalue weighted by Crippen LogP contribution is 2.15. The van der Waals surface area contributed by atoms with Crippen LogP contribution in [0, 0.1) is 5.82 Å². The summed E-state index contributed by atoms with van der Waals surface area (Å²) < 4.78 is 30.5. The number of hydrogen-bond donors (Lipinski definition) is 1. The Balaban J connectivity index is 2.78. The van der Waals surface area contributed by atoms with Crippen molar-refractivity contribution in [1.29, 1.82) is 0 Å². The van der Waals surface area contributed by atoms with Crippen LogP contribution in [0.1, 0.15) is 24.2 Å². The van der Waals surface area contributed by atoms with E-state index in [0.717, 1.165) is 18.2 Å². The maximum Gasteiger partial charge on any atom is 0.335 e. The van der Waals surface area contributed by atoms with Gasteiger partial charge in [0.25, 0.3) is 0 Å². The number of hydrogen-bond acceptors (Lipinski definition) is 3. The Morgan fingerprint density at radius 3 is 2.72 bits per heavy atom. The molecular weight excluding hydrogens is 259 g/mol. The Morgan fingerprint density at radius 2 is 2.17 bits per heavy atom. The van der Waals surface area contributed by atoms with Crippen LogP contribution in [0.3, 0.4) is 0 Å². The van der Waals surface area contributed by atoms with Crippen LogP contribution >= 0.6 is 0 Å². The largest absolute Gasteiger partial charge is 0.478 e. The third kappa shape index (κ3) is 4.19. The topological polar surface area (TPSA) is 63.6 Å². The predicted molar refractivity (Wildman–Crippen MR) is 65.7 cm³/mol. The molecule has 0 bridgehead atoms. The lowest BCUT2D eigenvalue weighted by atomic mass is 10.2. The van der Waals surface area contributed by atoms with Gasteiger partial charge in [0.2, 0.25) is 0 Å². The van der Waals surface area contributed by atoms with E-state index in [2.05, 4.69) is 0 Å². The standard InChI is InChI=1S/C12H15FO4S/c1-8(2)17-5-6-18(16)11-7-9(12(14)15)3-4-10(11)13/h3-4,7-8H,5-6H2,1-2H3,(H,14,15). The summed E-state index contributed by atoms with van der Waals surface area (Å²) >= 11 is 0. The lowest BCUT2D eigenvalue weighted by molar-refractivity contribution is 0.0696. The molecule has 0 saturated heterocycles. The molecular formula is C12H15FO4S. The molecule has 0 amide bonds. The highest BCUT2D eigenvalue weighted by Gasteiger charge is 2.13. The van der Waals surface area contributed by atoms with E-state index < -0.39 is 22.6 Å². The van der Waals surface area contributed by atoms with Crippen molar-refractivity contribution in [3.8, 4) is 0 Å². The van der Waals surface area contributed by atoms with Crippen LogP contribution in [-0.2, 0) is 15.5 Å². The predicted octanol–water partition coefficient (Wildman–Crippen LogP) is 2.06. The molecule has 0 heterocycles. The van der Waals surface area contributed by atoms with Gasteiger partial charge in [0.05, 0.1) is 39.7 Å². The number of carbonyl (C=O) groups is 1. The van der Waals surface area contributed by atoms with Crippen LogP contribution in [0.5, 0.6) is 0 Å². The van der Waals surface area contributed by atoms with E-state index in [1.165, 1.54) is 0 Å². The zero-order valence-corrected chi connectivity index (χ0v) is 11.0. The van der Waals surface area contributed by atoms with E-state index in [0.29, 0.717) is 0 Å². The van der Waals surface area contributed by atoms with Gasteiger partial charge in [0.1, 0.15) is 5.82 Å². The second kappa shape index (κ2) is 6.61. The van der Waals surface area contributed by atoms with Crippen LogP contribution in [0.25, 0.3) is 0 Å². The minimum absolute atomic E-state index is 0.0113. The van der Waals surface area contributed by atoms with Crippen molar-refractivity contribution >= 4 is 16.8 Å². The number of carboxylic acids is 1. The van der Waals surface area contributed by atoms with Gasteiger partial charge >= 0.3 is 5.97 Å². The maximum absolute atomic E-state index is 13.4. The lowest BCUT2D eigenvalue weighted by Gasteiger charge is -2.08. The molecule has 6 heteroatoms. The monoisotopic (exact) mass is 274 g/mol. The molecule has 0 radical (unpaired) electrons. The SMILES string of the molecule is CC(C)OCCS(=O)c1cc(C(=O)O)ccc1F. The van der Waals surface area contributed by atoms with Gasteiger partial charge in [0.15, 0.2) is 0 Å². The number of ether oxygens (including phenoxy) is 1. The highest BCUT2D eigenvalue weighted by atomic mass is 32.2. The minimum Gasteiger partial charge on any atom is -0.478 e. The first-order chi connectivity index (χ1) is 8.41. The molecule has 1 atom stereocenters. The van der Waals surface area contributed by atoms with Crippen molar-refractivity contribution in [1.82, 2.24) is 0 Å². The first-order valence-electron chi connectivity index (χ1n) is 5.44. The molecule has 1 aromatic rings. The van der Waals surface area contributed by atoms with E-state index in [4.69, 9.17) is 9.84 Å². The first-order valence-corrected chi connectivity index (χ1v) is 6.76. The van der Waals surface area contributed by atoms with Gasteiger partial charge in [-0.25, -0.2) is 9.18 Å². The van der Waals surface area contributed by atoms with Crippen LogP contribution in [0.4, 0.5) is 4.39 Å². The third-order valence-electron chi connectivity index (χ3n) is 2.14. The van der Waals surface area contributed by atoms with E-state index in [1.807, 2.05) is 13.8 Å². The van der Waals surface area contributed by atoms with E-state index >= 15 is 0 Å². The van der Waals surface area contributed by atoms with Gasteiger partial charge in [-0.15, -0.1) is 0 Å². The Morgan fingerprint density at radius 1 is 1.50 bits per heavy atom. The molecule has 18 heavy (non-hydrogen) atoms. The van der Waals surface area contributed by atoms with Crippen LogP contribution in [0.2, 0.25) is 0 Å².